The predicted molar refractivity (Wildman–Crippen MR) is 84.6 cm³/mol. The lowest BCUT2D eigenvalue weighted by molar-refractivity contribution is 0.107. The van der Waals surface area contributed by atoms with Crippen LogP contribution in [0.2, 0.25) is 0 Å². The summed E-state index contributed by atoms with van der Waals surface area (Å²) in [6.45, 7) is 3.20. The normalized spacial score (nSPS) is 24.0. The van der Waals surface area contributed by atoms with Gasteiger partial charge in [0, 0.05) is 6.04 Å². The van der Waals surface area contributed by atoms with Crippen LogP contribution in [0.15, 0.2) is 24.3 Å². The molecule has 1 saturated carbocycles. The maximum Gasteiger partial charge on any atom is 0.123 e. The number of benzene rings is 1. The fourth-order valence-corrected chi connectivity index (χ4v) is 3.15. The van der Waals surface area contributed by atoms with E-state index in [1.54, 1.807) is 12.1 Å². The van der Waals surface area contributed by atoms with Crippen LogP contribution in [0.4, 0.5) is 4.39 Å². The van der Waals surface area contributed by atoms with E-state index in [2.05, 4.69) is 12.2 Å². The number of halogens is 1. The Labute approximate surface area is 127 Å². The minimum absolute atomic E-state index is 0.0887. The largest absolute Gasteiger partial charge is 0.393 e. The second-order valence-corrected chi connectivity index (χ2v) is 6.33. The minimum Gasteiger partial charge on any atom is -0.393 e. The second-order valence-electron chi connectivity index (χ2n) is 6.33. The number of rotatable bonds is 7. The molecule has 1 aromatic rings. The predicted octanol–water partition coefficient (Wildman–Crippen LogP) is 4.20. The minimum atomic E-state index is -0.172. The lowest BCUT2D eigenvalue weighted by Gasteiger charge is -2.28. The number of nitrogens with one attached hydrogen (secondary N) is 1. The van der Waals surface area contributed by atoms with Crippen LogP contribution in [0, 0.1) is 11.7 Å². The van der Waals surface area contributed by atoms with Crippen molar-refractivity contribution in [3.8, 4) is 0 Å². The zero-order valence-corrected chi connectivity index (χ0v) is 13.0. The first-order valence-electron chi connectivity index (χ1n) is 8.36. The van der Waals surface area contributed by atoms with Crippen LogP contribution < -0.4 is 5.32 Å². The van der Waals surface area contributed by atoms with E-state index < -0.39 is 0 Å². The Balaban J connectivity index is 1.88. The summed E-state index contributed by atoms with van der Waals surface area (Å²) in [4.78, 5) is 0. The Morgan fingerprint density at radius 1 is 1.19 bits per heavy atom. The molecule has 1 aromatic carbocycles. The smallest absolute Gasteiger partial charge is 0.123 e. The Hall–Kier alpha value is -0.930. The van der Waals surface area contributed by atoms with Crippen molar-refractivity contribution in [1.29, 1.82) is 0 Å². The first-order chi connectivity index (χ1) is 10.2. The summed E-state index contributed by atoms with van der Waals surface area (Å²) in [5, 5.41) is 13.2. The molecule has 2 nitrogen and oxygen atoms in total. The fourth-order valence-electron chi connectivity index (χ4n) is 3.15. The van der Waals surface area contributed by atoms with Crippen LogP contribution in [0.3, 0.4) is 0 Å². The van der Waals surface area contributed by atoms with Crippen molar-refractivity contribution in [3.63, 3.8) is 0 Å². The van der Waals surface area contributed by atoms with Crippen molar-refractivity contribution in [2.75, 3.05) is 6.54 Å². The molecule has 1 aliphatic carbocycles. The van der Waals surface area contributed by atoms with Gasteiger partial charge in [-0.25, -0.2) is 4.39 Å². The van der Waals surface area contributed by atoms with E-state index in [4.69, 9.17) is 0 Å². The van der Waals surface area contributed by atoms with Crippen LogP contribution >= 0.6 is 0 Å². The van der Waals surface area contributed by atoms with E-state index in [0.29, 0.717) is 12.0 Å². The van der Waals surface area contributed by atoms with Crippen LogP contribution in [-0.4, -0.2) is 17.8 Å². The van der Waals surface area contributed by atoms with Gasteiger partial charge in [-0.2, -0.15) is 0 Å². The van der Waals surface area contributed by atoms with Gasteiger partial charge in [-0.3, -0.25) is 0 Å². The number of aliphatic hydroxyl groups excluding tert-OH is 1. The summed E-state index contributed by atoms with van der Waals surface area (Å²) in [7, 11) is 0. The summed E-state index contributed by atoms with van der Waals surface area (Å²) in [6.07, 6.45) is 7.45. The van der Waals surface area contributed by atoms with Crippen LogP contribution in [0.25, 0.3) is 0 Å². The molecule has 118 valence electrons. The molecular formula is C18H28FNO. The van der Waals surface area contributed by atoms with Crippen molar-refractivity contribution in [1.82, 2.24) is 5.32 Å². The molecule has 1 unspecified atom stereocenters. The van der Waals surface area contributed by atoms with Gasteiger partial charge in [0.25, 0.3) is 0 Å². The SMILES string of the molecule is CCCCC(NCC1CCC(O)CC1)c1ccc(F)cc1. The first kappa shape index (κ1) is 16.4. The molecule has 1 atom stereocenters. The number of hydrogen-bond donors (Lipinski definition) is 2. The molecule has 21 heavy (non-hydrogen) atoms. The fraction of sp³-hybridized carbons (Fsp3) is 0.667. The molecule has 1 fully saturated rings. The molecular weight excluding hydrogens is 265 g/mol. The zero-order valence-electron chi connectivity index (χ0n) is 13.0. The van der Waals surface area contributed by atoms with Crippen molar-refractivity contribution < 1.29 is 9.50 Å². The van der Waals surface area contributed by atoms with Crippen LogP contribution in [-0.2, 0) is 0 Å². The molecule has 2 rings (SSSR count). The van der Waals surface area contributed by atoms with Gasteiger partial charge in [0.05, 0.1) is 6.10 Å². The molecule has 0 aliphatic heterocycles. The molecule has 3 heteroatoms. The van der Waals surface area contributed by atoms with Gasteiger partial charge in [0.2, 0.25) is 0 Å². The first-order valence-corrected chi connectivity index (χ1v) is 8.36. The zero-order chi connectivity index (χ0) is 15.1. The van der Waals surface area contributed by atoms with Gasteiger partial charge in [0.1, 0.15) is 5.82 Å². The molecule has 0 saturated heterocycles. The average molecular weight is 293 g/mol. The van der Waals surface area contributed by atoms with Gasteiger partial charge >= 0.3 is 0 Å². The van der Waals surface area contributed by atoms with E-state index in [1.165, 1.54) is 18.4 Å². The maximum atomic E-state index is 13.1. The van der Waals surface area contributed by atoms with E-state index >= 15 is 0 Å². The third kappa shape index (κ3) is 5.40. The molecule has 0 bridgehead atoms. The van der Waals surface area contributed by atoms with E-state index in [-0.39, 0.29) is 11.9 Å². The Morgan fingerprint density at radius 2 is 1.86 bits per heavy atom. The molecule has 0 heterocycles. The quantitative estimate of drug-likeness (QED) is 0.790. The molecule has 0 radical (unpaired) electrons. The highest BCUT2D eigenvalue weighted by atomic mass is 19.1. The number of aliphatic hydroxyl groups is 1. The Morgan fingerprint density at radius 3 is 2.48 bits per heavy atom. The van der Waals surface area contributed by atoms with Crippen molar-refractivity contribution >= 4 is 0 Å². The lowest BCUT2D eigenvalue weighted by atomic mass is 9.87. The van der Waals surface area contributed by atoms with Crippen LogP contribution in [0.1, 0.15) is 63.5 Å². The second kappa shape index (κ2) is 8.50. The van der Waals surface area contributed by atoms with E-state index in [1.807, 2.05) is 12.1 Å². The van der Waals surface area contributed by atoms with E-state index in [0.717, 1.165) is 38.6 Å². The standard InChI is InChI=1S/C18H28FNO/c1-2-3-4-18(15-7-9-16(19)10-8-15)20-13-14-5-11-17(21)12-6-14/h7-10,14,17-18,20-21H,2-6,11-13H2,1H3. The highest BCUT2D eigenvalue weighted by Crippen LogP contribution is 2.25. The summed E-state index contributed by atoms with van der Waals surface area (Å²) >= 11 is 0. The summed E-state index contributed by atoms with van der Waals surface area (Å²) in [6, 6.07) is 7.21. The number of unbranched alkanes of at least 4 members (excludes halogenated alkanes) is 1. The van der Waals surface area contributed by atoms with Gasteiger partial charge in [-0.15, -0.1) is 0 Å². The summed E-state index contributed by atoms with van der Waals surface area (Å²) in [5.74, 6) is 0.493. The molecule has 0 spiro atoms. The third-order valence-corrected chi connectivity index (χ3v) is 4.59. The lowest BCUT2D eigenvalue weighted by Crippen LogP contribution is -2.30. The third-order valence-electron chi connectivity index (χ3n) is 4.59. The Bertz CT molecular complexity index is 398. The van der Waals surface area contributed by atoms with Crippen molar-refractivity contribution in [3.05, 3.63) is 35.6 Å². The molecule has 1 aliphatic rings. The molecule has 0 aromatic heterocycles. The van der Waals surface area contributed by atoms with Crippen molar-refractivity contribution in [2.45, 2.75) is 64.0 Å². The highest BCUT2D eigenvalue weighted by Gasteiger charge is 2.20. The topological polar surface area (TPSA) is 32.3 Å². The average Bonchev–Trinajstić information content (AvgIpc) is 2.50. The van der Waals surface area contributed by atoms with Crippen LogP contribution in [0.5, 0.6) is 0 Å². The van der Waals surface area contributed by atoms with Gasteiger partial charge in [-0.05, 0) is 62.3 Å². The highest BCUT2D eigenvalue weighted by molar-refractivity contribution is 5.19. The van der Waals surface area contributed by atoms with Gasteiger partial charge < -0.3 is 10.4 Å². The van der Waals surface area contributed by atoms with Gasteiger partial charge in [0.15, 0.2) is 0 Å². The van der Waals surface area contributed by atoms with E-state index in [9.17, 15) is 9.50 Å². The molecule has 0 amide bonds. The van der Waals surface area contributed by atoms with Gasteiger partial charge in [-0.1, -0.05) is 31.9 Å². The Kier molecular flexibility index (Phi) is 6.65. The van der Waals surface area contributed by atoms with Crippen molar-refractivity contribution in [2.24, 2.45) is 5.92 Å². The maximum absolute atomic E-state index is 13.1. The number of hydrogen-bond acceptors (Lipinski definition) is 2. The summed E-state index contributed by atoms with van der Waals surface area (Å²) < 4.78 is 13.1. The summed E-state index contributed by atoms with van der Waals surface area (Å²) in [5.41, 5.74) is 1.18. The molecule has 2 N–H and O–H groups in total. The monoisotopic (exact) mass is 293 g/mol.